The quantitative estimate of drug-likeness (QED) is 0.708. The summed E-state index contributed by atoms with van der Waals surface area (Å²) in [4.78, 5) is 11.0. The van der Waals surface area contributed by atoms with E-state index >= 15 is 0 Å². The van der Waals surface area contributed by atoms with Crippen LogP contribution in [0.25, 0.3) is 0 Å². The summed E-state index contributed by atoms with van der Waals surface area (Å²) in [6.45, 7) is 7.21. The predicted octanol–water partition coefficient (Wildman–Crippen LogP) is 3.23. The van der Waals surface area contributed by atoms with Crippen LogP contribution < -0.4 is 5.32 Å². The van der Waals surface area contributed by atoms with Crippen LogP contribution in [-0.2, 0) is 17.8 Å². The summed E-state index contributed by atoms with van der Waals surface area (Å²) in [5.41, 5.74) is 1.96. The molecule has 3 heteroatoms. The van der Waals surface area contributed by atoms with Gasteiger partial charge in [0, 0.05) is 6.54 Å². The molecule has 0 saturated heterocycles. The maximum absolute atomic E-state index is 11.0. The average molecular weight is 263 g/mol. The second-order valence-electron chi connectivity index (χ2n) is 5.68. The minimum atomic E-state index is -0.738. The van der Waals surface area contributed by atoms with Gasteiger partial charge in [-0.2, -0.15) is 0 Å². The van der Waals surface area contributed by atoms with Gasteiger partial charge in [0.15, 0.2) is 0 Å². The van der Waals surface area contributed by atoms with Crippen LogP contribution in [0.5, 0.6) is 0 Å². The summed E-state index contributed by atoms with van der Waals surface area (Å²) in [6, 6.07) is 8.62. The van der Waals surface area contributed by atoms with Gasteiger partial charge in [-0.15, -0.1) is 0 Å². The first kappa shape index (κ1) is 15.7. The number of aliphatic carboxylic acids is 1. The van der Waals surface area contributed by atoms with E-state index in [-0.39, 0.29) is 0 Å². The molecule has 0 fully saturated rings. The zero-order valence-corrected chi connectivity index (χ0v) is 12.2. The highest BCUT2D eigenvalue weighted by atomic mass is 16.4. The molecule has 0 aromatic heterocycles. The van der Waals surface area contributed by atoms with Crippen molar-refractivity contribution in [1.29, 1.82) is 0 Å². The lowest BCUT2D eigenvalue weighted by Crippen LogP contribution is -2.28. The summed E-state index contributed by atoms with van der Waals surface area (Å²) in [7, 11) is 0. The Balaban J connectivity index is 2.31. The summed E-state index contributed by atoms with van der Waals surface area (Å²) in [5.74, 6) is -0.738. The Hall–Kier alpha value is -1.35. The minimum Gasteiger partial charge on any atom is -0.481 e. The Kier molecular flexibility index (Phi) is 6.03. The van der Waals surface area contributed by atoms with Crippen LogP contribution in [0.15, 0.2) is 24.3 Å². The molecule has 0 aliphatic heterocycles. The standard InChI is InChI=1S/C16H25NO2/c1-4-5-13-6-8-14(9-7-13)12-17-11-10-16(2,3)15(18)19/h6-9,17H,4-5,10-12H2,1-3H3,(H,18,19). The molecule has 2 N–H and O–H groups in total. The number of rotatable bonds is 8. The first-order chi connectivity index (χ1) is 8.95. The number of nitrogens with one attached hydrogen (secondary N) is 1. The summed E-state index contributed by atoms with van der Waals surface area (Å²) >= 11 is 0. The number of carbonyl (C=O) groups is 1. The van der Waals surface area contributed by atoms with Gasteiger partial charge in [-0.1, -0.05) is 37.6 Å². The highest BCUT2D eigenvalue weighted by molar-refractivity contribution is 5.73. The van der Waals surface area contributed by atoms with Gasteiger partial charge in [-0.05, 0) is 44.4 Å². The average Bonchev–Trinajstić information content (AvgIpc) is 2.37. The van der Waals surface area contributed by atoms with Crippen LogP contribution in [0.1, 0.15) is 44.7 Å². The summed E-state index contributed by atoms with van der Waals surface area (Å²) in [6.07, 6.45) is 2.93. The molecule has 19 heavy (non-hydrogen) atoms. The number of benzene rings is 1. The predicted molar refractivity (Wildman–Crippen MR) is 78.2 cm³/mol. The van der Waals surface area contributed by atoms with Gasteiger partial charge in [0.2, 0.25) is 0 Å². The molecule has 0 unspecified atom stereocenters. The van der Waals surface area contributed by atoms with Gasteiger partial charge < -0.3 is 10.4 Å². The topological polar surface area (TPSA) is 49.3 Å². The molecule has 0 radical (unpaired) electrons. The second kappa shape index (κ2) is 7.29. The van der Waals surface area contributed by atoms with E-state index < -0.39 is 11.4 Å². The fourth-order valence-electron chi connectivity index (χ4n) is 1.85. The highest BCUT2D eigenvalue weighted by Crippen LogP contribution is 2.19. The molecule has 0 saturated carbocycles. The highest BCUT2D eigenvalue weighted by Gasteiger charge is 2.25. The smallest absolute Gasteiger partial charge is 0.309 e. The van der Waals surface area contributed by atoms with Gasteiger partial charge in [-0.25, -0.2) is 0 Å². The van der Waals surface area contributed by atoms with E-state index in [2.05, 4.69) is 36.5 Å². The molecular formula is C16H25NO2. The Morgan fingerprint density at radius 1 is 1.21 bits per heavy atom. The lowest BCUT2D eigenvalue weighted by Gasteiger charge is -2.18. The number of aryl methyl sites for hydroxylation is 1. The number of hydrogen-bond donors (Lipinski definition) is 2. The van der Waals surface area contributed by atoms with Crippen LogP contribution >= 0.6 is 0 Å². The van der Waals surface area contributed by atoms with E-state index in [4.69, 9.17) is 5.11 Å². The SMILES string of the molecule is CCCc1ccc(CNCCC(C)(C)C(=O)O)cc1. The second-order valence-corrected chi connectivity index (χ2v) is 5.68. The van der Waals surface area contributed by atoms with Crippen molar-refractivity contribution in [3.05, 3.63) is 35.4 Å². The van der Waals surface area contributed by atoms with E-state index in [0.717, 1.165) is 19.5 Å². The largest absolute Gasteiger partial charge is 0.481 e. The molecule has 0 atom stereocenters. The van der Waals surface area contributed by atoms with Gasteiger partial charge >= 0.3 is 5.97 Å². The van der Waals surface area contributed by atoms with Crippen LogP contribution in [0.2, 0.25) is 0 Å². The monoisotopic (exact) mass is 263 g/mol. The van der Waals surface area contributed by atoms with Crippen molar-refractivity contribution in [3.8, 4) is 0 Å². The molecular weight excluding hydrogens is 238 g/mol. The molecule has 0 amide bonds. The van der Waals surface area contributed by atoms with Crippen molar-refractivity contribution in [3.63, 3.8) is 0 Å². The molecule has 1 aromatic rings. The lowest BCUT2D eigenvalue weighted by atomic mass is 9.90. The number of carboxylic acid groups (broad SMARTS) is 1. The normalized spacial score (nSPS) is 11.5. The van der Waals surface area contributed by atoms with Crippen molar-refractivity contribution in [2.45, 2.75) is 46.6 Å². The first-order valence-corrected chi connectivity index (χ1v) is 6.97. The van der Waals surface area contributed by atoms with Gasteiger partial charge in [0.05, 0.1) is 5.41 Å². The van der Waals surface area contributed by atoms with E-state index in [0.29, 0.717) is 6.42 Å². The maximum Gasteiger partial charge on any atom is 0.309 e. The Morgan fingerprint density at radius 2 is 1.79 bits per heavy atom. The molecule has 1 aromatic carbocycles. The fraction of sp³-hybridized carbons (Fsp3) is 0.562. The summed E-state index contributed by atoms with van der Waals surface area (Å²) < 4.78 is 0. The molecule has 0 heterocycles. The lowest BCUT2D eigenvalue weighted by molar-refractivity contribution is -0.147. The van der Waals surface area contributed by atoms with E-state index in [1.807, 2.05) is 0 Å². The third kappa shape index (κ3) is 5.43. The van der Waals surface area contributed by atoms with Crippen LogP contribution in [0.3, 0.4) is 0 Å². The molecule has 106 valence electrons. The van der Waals surface area contributed by atoms with Crippen molar-refractivity contribution >= 4 is 5.97 Å². The molecule has 1 rings (SSSR count). The van der Waals surface area contributed by atoms with Gasteiger partial charge in [-0.3, -0.25) is 4.79 Å². The fourth-order valence-corrected chi connectivity index (χ4v) is 1.85. The maximum atomic E-state index is 11.0. The van der Waals surface area contributed by atoms with Crippen molar-refractivity contribution in [2.75, 3.05) is 6.54 Å². The molecule has 0 spiro atoms. The van der Waals surface area contributed by atoms with Gasteiger partial charge in [0.25, 0.3) is 0 Å². The first-order valence-electron chi connectivity index (χ1n) is 6.97. The third-order valence-corrected chi connectivity index (χ3v) is 3.40. The number of carboxylic acids is 1. The Labute approximate surface area is 116 Å². The molecule has 3 nitrogen and oxygen atoms in total. The van der Waals surface area contributed by atoms with Gasteiger partial charge in [0.1, 0.15) is 0 Å². The van der Waals surface area contributed by atoms with Crippen LogP contribution in [-0.4, -0.2) is 17.6 Å². The van der Waals surface area contributed by atoms with Crippen LogP contribution in [0.4, 0.5) is 0 Å². The van der Waals surface area contributed by atoms with Crippen molar-refractivity contribution in [2.24, 2.45) is 5.41 Å². The van der Waals surface area contributed by atoms with E-state index in [1.54, 1.807) is 13.8 Å². The summed E-state index contributed by atoms with van der Waals surface area (Å²) in [5, 5.41) is 12.3. The van der Waals surface area contributed by atoms with E-state index in [9.17, 15) is 4.79 Å². The molecule has 0 bridgehead atoms. The zero-order chi connectivity index (χ0) is 14.3. The Bertz CT molecular complexity index is 396. The third-order valence-electron chi connectivity index (χ3n) is 3.40. The molecule has 0 aliphatic rings. The van der Waals surface area contributed by atoms with Crippen LogP contribution in [0, 0.1) is 5.41 Å². The van der Waals surface area contributed by atoms with Crippen molar-refractivity contribution < 1.29 is 9.90 Å². The molecule has 0 aliphatic carbocycles. The zero-order valence-electron chi connectivity index (χ0n) is 12.2. The Morgan fingerprint density at radius 3 is 2.32 bits per heavy atom. The van der Waals surface area contributed by atoms with Crippen molar-refractivity contribution in [1.82, 2.24) is 5.32 Å². The van der Waals surface area contributed by atoms with E-state index in [1.165, 1.54) is 17.5 Å². The number of hydrogen-bond acceptors (Lipinski definition) is 2. The minimum absolute atomic E-state index is 0.635.